The van der Waals surface area contributed by atoms with Gasteiger partial charge >= 0.3 is 0 Å². The minimum absolute atomic E-state index is 0.145. The van der Waals surface area contributed by atoms with Crippen molar-refractivity contribution in [1.82, 2.24) is 19.3 Å². The van der Waals surface area contributed by atoms with Crippen LogP contribution in [-0.4, -0.2) is 30.4 Å². The summed E-state index contributed by atoms with van der Waals surface area (Å²) in [7, 11) is 0. The molecule has 0 N–H and O–H groups in total. The number of ketones is 1. The van der Waals surface area contributed by atoms with Crippen LogP contribution in [0.15, 0.2) is 34.0 Å². The van der Waals surface area contributed by atoms with E-state index in [1.807, 2.05) is 39.0 Å². The van der Waals surface area contributed by atoms with Gasteiger partial charge in [0.1, 0.15) is 11.6 Å². The molecule has 5 rings (SSSR count). The van der Waals surface area contributed by atoms with E-state index in [4.69, 9.17) is 4.42 Å². The van der Waals surface area contributed by atoms with Crippen molar-refractivity contribution >= 4 is 17.5 Å². The molecule has 0 amide bonds. The van der Waals surface area contributed by atoms with Gasteiger partial charge in [-0.1, -0.05) is 11.8 Å². The van der Waals surface area contributed by atoms with Crippen molar-refractivity contribution in [2.24, 2.45) is 0 Å². The Hall–Kier alpha value is -2.28. The number of thioether (sulfide) groups is 1. The molecule has 0 bridgehead atoms. The Labute approximate surface area is 174 Å². The van der Waals surface area contributed by atoms with Crippen LogP contribution in [-0.2, 0) is 6.54 Å². The highest BCUT2D eigenvalue weighted by molar-refractivity contribution is 8.00. The van der Waals surface area contributed by atoms with E-state index in [0.29, 0.717) is 18.5 Å². The number of hydrogen-bond acceptors (Lipinski definition) is 5. The van der Waals surface area contributed by atoms with Crippen LogP contribution in [0.5, 0.6) is 0 Å². The molecule has 0 saturated heterocycles. The maximum absolute atomic E-state index is 13.3. The van der Waals surface area contributed by atoms with Gasteiger partial charge in [0.2, 0.25) is 0 Å². The van der Waals surface area contributed by atoms with Gasteiger partial charge in [0.15, 0.2) is 10.9 Å². The lowest BCUT2D eigenvalue weighted by Gasteiger charge is -2.13. The van der Waals surface area contributed by atoms with Gasteiger partial charge in [0.25, 0.3) is 0 Å². The fourth-order valence-electron chi connectivity index (χ4n) is 3.95. The summed E-state index contributed by atoms with van der Waals surface area (Å²) in [6, 6.07) is 6.38. The Morgan fingerprint density at radius 3 is 2.72 bits per heavy atom. The molecule has 29 heavy (non-hydrogen) atoms. The summed E-state index contributed by atoms with van der Waals surface area (Å²) in [5, 5.41) is 9.62. The van der Waals surface area contributed by atoms with Crippen LogP contribution >= 0.6 is 11.8 Å². The molecule has 3 heterocycles. The van der Waals surface area contributed by atoms with Gasteiger partial charge in [-0.25, -0.2) is 0 Å². The molecule has 1 atom stereocenters. The largest absolute Gasteiger partial charge is 0.467 e. The van der Waals surface area contributed by atoms with E-state index in [1.165, 1.54) is 25.7 Å². The number of carbonyl (C=O) groups is 1. The second-order valence-corrected chi connectivity index (χ2v) is 9.60. The normalized spacial score (nSPS) is 17.6. The highest BCUT2D eigenvalue weighted by Crippen LogP contribution is 2.46. The van der Waals surface area contributed by atoms with Gasteiger partial charge in [0, 0.05) is 28.9 Å². The lowest BCUT2D eigenvalue weighted by Crippen LogP contribution is -2.16. The predicted octanol–water partition coefficient (Wildman–Crippen LogP) is 4.91. The van der Waals surface area contributed by atoms with Crippen molar-refractivity contribution in [2.75, 3.05) is 0 Å². The molecule has 2 fully saturated rings. The second kappa shape index (κ2) is 7.20. The van der Waals surface area contributed by atoms with Crippen molar-refractivity contribution in [1.29, 1.82) is 0 Å². The van der Waals surface area contributed by atoms with E-state index < -0.39 is 0 Å². The first-order valence-electron chi connectivity index (χ1n) is 10.4. The Kier molecular flexibility index (Phi) is 4.65. The van der Waals surface area contributed by atoms with E-state index in [0.717, 1.165) is 33.7 Å². The summed E-state index contributed by atoms with van der Waals surface area (Å²) in [6.45, 7) is 6.67. The molecule has 0 aliphatic heterocycles. The van der Waals surface area contributed by atoms with Crippen LogP contribution in [0, 0.1) is 13.8 Å². The Morgan fingerprint density at radius 2 is 2.07 bits per heavy atom. The SMILES string of the molecule is Cc1cc(C(=O)[C@@H](C)Sc2nnc(C3CC3)n2C2CC2)c(C)n1Cc1ccco1. The standard InChI is InChI=1S/C22H26N4O2S/c1-13-11-19(14(2)25(13)12-18-5-4-10-28-18)20(27)15(3)29-22-24-23-21(16-6-7-16)26(22)17-8-9-17/h4-5,10-11,15-17H,6-9,12H2,1-3H3/t15-/m1/s1. The predicted molar refractivity (Wildman–Crippen MR) is 112 cm³/mol. The van der Waals surface area contributed by atoms with Crippen molar-refractivity contribution in [3.8, 4) is 0 Å². The molecule has 152 valence electrons. The molecule has 2 aliphatic rings. The summed E-state index contributed by atoms with van der Waals surface area (Å²) in [5.74, 6) is 2.74. The highest BCUT2D eigenvalue weighted by Gasteiger charge is 2.37. The number of Topliss-reactive ketones (excluding diaryl/α,β-unsaturated/α-hetero) is 1. The van der Waals surface area contributed by atoms with Crippen LogP contribution in [0.3, 0.4) is 0 Å². The van der Waals surface area contributed by atoms with Crippen molar-refractivity contribution in [3.05, 3.63) is 53.0 Å². The van der Waals surface area contributed by atoms with Gasteiger partial charge < -0.3 is 13.6 Å². The number of carbonyl (C=O) groups excluding carboxylic acids is 1. The van der Waals surface area contributed by atoms with E-state index in [-0.39, 0.29) is 11.0 Å². The molecule has 7 heteroatoms. The monoisotopic (exact) mass is 410 g/mol. The second-order valence-electron chi connectivity index (χ2n) is 8.29. The Balaban J connectivity index is 1.36. The molecule has 2 aliphatic carbocycles. The maximum Gasteiger partial charge on any atom is 0.192 e. The summed E-state index contributed by atoms with van der Waals surface area (Å²) >= 11 is 1.55. The smallest absolute Gasteiger partial charge is 0.192 e. The number of nitrogens with zero attached hydrogens (tertiary/aromatic N) is 4. The fourth-order valence-corrected chi connectivity index (χ4v) is 4.94. The zero-order valence-electron chi connectivity index (χ0n) is 17.1. The first-order chi connectivity index (χ1) is 14.0. The van der Waals surface area contributed by atoms with Crippen LogP contribution in [0.4, 0.5) is 0 Å². The third-order valence-electron chi connectivity index (χ3n) is 5.93. The molecular formula is C22H26N4O2S. The van der Waals surface area contributed by atoms with Crippen LogP contribution in [0.2, 0.25) is 0 Å². The number of rotatable bonds is 8. The third-order valence-corrected chi connectivity index (χ3v) is 6.99. The van der Waals surface area contributed by atoms with Crippen molar-refractivity contribution < 1.29 is 9.21 Å². The molecular weight excluding hydrogens is 384 g/mol. The zero-order valence-corrected chi connectivity index (χ0v) is 17.9. The number of furan rings is 1. The summed E-state index contributed by atoms with van der Waals surface area (Å²) in [6.07, 6.45) is 6.50. The lowest BCUT2D eigenvalue weighted by atomic mass is 10.1. The van der Waals surface area contributed by atoms with E-state index in [9.17, 15) is 4.79 Å². The number of hydrogen-bond donors (Lipinski definition) is 0. The zero-order chi connectivity index (χ0) is 20.1. The topological polar surface area (TPSA) is 65.8 Å². The third kappa shape index (κ3) is 3.56. The van der Waals surface area contributed by atoms with E-state index >= 15 is 0 Å². The van der Waals surface area contributed by atoms with Crippen molar-refractivity contribution in [2.45, 2.75) is 75.4 Å². The number of aromatic nitrogens is 4. The van der Waals surface area contributed by atoms with Crippen LogP contribution in [0.25, 0.3) is 0 Å². The average molecular weight is 411 g/mol. The summed E-state index contributed by atoms with van der Waals surface area (Å²) in [5.41, 5.74) is 2.84. The molecule has 3 aromatic heterocycles. The van der Waals surface area contributed by atoms with Crippen molar-refractivity contribution in [3.63, 3.8) is 0 Å². The highest BCUT2D eigenvalue weighted by atomic mass is 32.2. The van der Waals surface area contributed by atoms with Crippen LogP contribution in [0.1, 0.15) is 77.9 Å². The summed E-state index contributed by atoms with van der Waals surface area (Å²) < 4.78 is 9.94. The Morgan fingerprint density at radius 1 is 1.28 bits per heavy atom. The van der Waals surface area contributed by atoms with Crippen LogP contribution < -0.4 is 0 Å². The molecule has 2 saturated carbocycles. The lowest BCUT2D eigenvalue weighted by molar-refractivity contribution is 0.0993. The molecule has 0 aromatic carbocycles. The van der Waals surface area contributed by atoms with Gasteiger partial charge in [-0.15, -0.1) is 10.2 Å². The van der Waals surface area contributed by atoms with Gasteiger partial charge in [-0.2, -0.15) is 0 Å². The van der Waals surface area contributed by atoms with E-state index in [1.54, 1.807) is 18.0 Å². The molecule has 0 radical (unpaired) electrons. The average Bonchev–Trinajstić information content (AvgIpc) is 3.62. The first-order valence-corrected chi connectivity index (χ1v) is 11.3. The quantitative estimate of drug-likeness (QED) is 0.390. The molecule has 0 unspecified atom stereocenters. The van der Waals surface area contributed by atoms with Gasteiger partial charge in [-0.3, -0.25) is 4.79 Å². The molecule has 3 aromatic rings. The Bertz CT molecular complexity index is 1040. The van der Waals surface area contributed by atoms with E-state index in [2.05, 4.69) is 19.3 Å². The minimum Gasteiger partial charge on any atom is -0.467 e. The minimum atomic E-state index is -0.207. The molecule has 0 spiro atoms. The van der Waals surface area contributed by atoms with Gasteiger partial charge in [0.05, 0.1) is 18.1 Å². The summed E-state index contributed by atoms with van der Waals surface area (Å²) in [4.78, 5) is 13.3. The fraction of sp³-hybridized carbons (Fsp3) is 0.500. The number of aryl methyl sites for hydroxylation is 1. The maximum atomic E-state index is 13.3. The first kappa shape index (κ1) is 18.7. The van der Waals surface area contributed by atoms with Gasteiger partial charge in [-0.05, 0) is 64.7 Å². The molecule has 6 nitrogen and oxygen atoms in total.